The first kappa shape index (κ1) is 10.3. The molecule has 0 aliphatic rings. The molecule has 0 heterocycles. The summed E-state index contributed by atoms with van der Waals surface area (Å²) in [5.41, 5.74) is 1.02. The lowest BCUT2D eigenvalue weighted by Gasteiger charge is -2.05. The monoisotopic (exact) mass is 186 g/mol. The van der Waals surface area contributed by atoms with Gasteiger partial charge in [-0.05, 0) is 17.7 Å². The highest BCUT2D eigenvalue weighted by Crippen LogP contribution is 2.10. The van der Waals surface area contributed by atoms with E-state index in [-0.39, 0.29) is 0 Å². The molecule has 0 aromatic heterocycles. The van der Waals surface area contributed by atoms with Gasteiger partial charge in [-0.1, -0.05) is 49.6 Å². The molecule has 0 N–H and O–H groups in total. The van der Waals surface area contributed by atoms with Crippen LogP contribution in [-0.2, 0) is 0 Å². The fraction of sp³-hybridized carbons (Fsp3) is 0.0769. The number of para-hydroxylation sites is 1. The third-order valence-electron chi connectivity index (χ3n) is 1.74. The predicted octanol–water partition coefficient (Wildman–Crippen LogP) is 3.36. The molecule has 72 valence electrons. The summed E-state index contributed by atoms with van der Waals surface area (Å²) in [6.45, 7) is 7.85. The summed E-state index contributed by atoms with van der Waals surface area (Å²) in [6, 6.07) is 9.70. The Hall–Kier alpha value is -1.76. The maximum Gasteiger partial charge on any atom is 0.119 e. The summed E-state index contributed by atoms with van der Waals surface area (Å²) in [5.74, 6) is 0.865. The highest BCUT2D eigenvalue weighted by Gasteiger charge is 1.93. The number of rotatable bonds is 5. The topological polar surface area (TPSA) is 9.23 Å². The van der Waals surface area contributed by atoms with Crippen molar-refractivity contribution >= 4 is 0 Å². The molecule has 1 rings (SSSR count). The molecular weight excluding hydrogens is 172 g/mol. The van der Waals surface area contributed by atoms with Crippen molar-refractivity contribution in [2.45, 2.75) is 0 Å². The van der Waals surface area contributed by atoms with Crippen LogP contribution in [0.1, 0.15) is 0 Å². The van der Waals surface area contributed by atoms with Crippen LogP contribution in [0.2, 0.25) is 0 Å². The Bertz CT molecular complexity index is 322. The van der Waals surface area contributed by atoms with Crippen LogP contribution in [0.5, 0.6) is 5.75 Å². The highest BCUT2D eigenvalue weighted by atomic mass is 16.5. The van der Waals surface area contributed by atoms with Crippen molar-refractivity contribution in [3.8, 4) is 5.75 Å². The van der Waals surface area contributed by atoms with Crippen molar-refractivity contribution < 1.29 is 4.74 Å². The Morgan fingerprint density at radius 1 is 1.21 bits per heavy atom. The van der Waals surface area contributed by atoms with Crippen molar-refractivity contribution in [3.05, 3.63) is 67.3 Å². The van der Waals surface area contributed by atoms with Crippen molar-refractivity contribution in [1.29, 1.82) is 0 Å². The lowest BCUT2D eigenvalue weighted by Crippen LogP contribution is -1.98. The standard InChI is InChI=1S/C13H14O/c1-3-8-12(4-2)11-14-13-9-6-5-7-10-13/h3-10H,1-2,11H2/b12-8+. The molecule has 0 fully saturated rings. The molecule has 0 saturated carbocycles. The predicted molar refractivity (Wildman–Crippen MR) is 60.4 cm³/mol. The fourth-order valence-corrected chi connectivity index (χ4v) is 1.01. The number of benzene rings is 1. The van der Waals surface area contributed by atoms with E-state index in [4.69, 9.17) is 4.74 Å². The first-order valence-corrected chi connectivity index (χ1v) is 4.48. The van der Waals surface area contributed by atoms with Gasteiger partial charge in [0.25, 0.3) is 0 Å². The van der Waals surface area contributed by atoms with Gasteiger partial charge < -0.3 is 4.74 Å². The van der Waals surface area contributed by atoms with Gasteiger partial charge in [-0.2, -0.15) is 0 Å². The lowest BCUT2D eigenvalue weighted by molar-refractivity contribution is 0.355. The maximum absolute atomic E-state index is 5.52. The van der Waals surface area contributed by atoms with E-state index < -0.39 is 0 Å². The summed E-state index contributed by atoms with van der Waals surface area (Å²) in [5, 5.41) is 0. The van der Waals surface area contributed by atoms with Crippen LogP contribution in [0.3, 0.4) is 0 Å². The van der Waals surface area contributed by atoms with Crippen molar-refractivity contribution in [3.63, 3.8) is 0 Å². The second-order valence-electron chi connectivity index (χ2n) is 2.78. The molecule has 1 nitrogen and oxygen atoms in total. The zero-order chi connectivity index (χ0) is 10.2. The summed E-state index contributed by atoms with van der Waals surface area (Å²) < 4.78 is 5.52. The number of hydrogen-bond acceptors (Lipinski definition) is 1. The van der Waals surface area contributed by atoms with Gasteiger partial charge in [0.2, 0.25) is 0 Å². The Morgan fingerprint density at radius 2 is 1.93 bits per heavy atom. The molecule has 0 saturated heterocycles. The van der Waals surface area contributed by atoms with Crippen LogP contribution in [0, 0.1) is 0 Å². The van der Waals surface area contributed by atoms with Gasteiger partial charge in [-0.15, -0.1) is 0 Å². The average Bonchev–Trinajstić information content (AvgIpc) is 2.25. The largest absolute Gasteiger partial charge is 0.489 e. The van der Waals surface area contributed by atoms with Crippen molar-refractivity contribution in [2.75, 3.05) is 6.61 Å². The molecule has 0 unspecified atom stereocenters. The zero-order valence-electron chi connectivity index (χ0n) is 8.15. The van der Waals surface area contributed by atoms with Crippen LogP contribution in [0.15, 0.2) is 67.3 Å². The lowest BCUT2D eigenvalue weighted by atomic mass is 10.2. The minimum absolute atomic E-state index is 0.527. The highest BCUT2D eigenvalue weighted by molar-refractivity contribution is 5.25. The quantitative estimate of drug-likeness (QED) is 0.641. The van der Waals surface area contributed by atoms with E-state index in [1.807, 2.05) is 36.4 Å². The van der Waals surface area contributed by atoms with Gasteiger partial charge in [0, 0.05) is 0 Å². The van der Waals surface area contributed by atoms with Gasteiger partial charge in [0.05, 0.1) is 0 Å². The minimum atomic E-state index is 0.527. The van der Waals surface area contributed by atoms with E-state index in [1.54, 1.807) is 12.2 Å². The Balaban J connectivity index is 2.52. The van der Waals surface area contributed by atoms with Gasteiger partial charge in [-0.3, -0.25) is 0 Å². The molecule has 1 aromatic carbocycles. The SMILES string of the molecule is C=C/C=C(\C=C)COc1ccccc1. The Labute approximate surface area is 85.0 Å². The van der Waals surface area contributed by atoms with Crippen LogP contribution in [0.4, 0.5) is 0 Å². The van der Waals surface area contributed by atoms with E-state index >= 15 is 0 Å². The van der Waals surface area contributed by atoms with Crippen LogP contribution >= 0.6 is 0 Å². The second-order valence-corrected chi connectivity index (χ2v) is 2.78. The van der Waals surface area contributed by atoms with Gasteiger partial charge >= 0.3 is 0 Å². The van der Waals surface area contributed by atoms with E-state index in [2.05, 4.69) is 13.2 Å². The van der Waals surface area contributed by atoms with Crippen LogP contribution in [0.25, 0.3) is 0 Å². The minimum Gasteiger partial charge on any atom is -0.489 e. The van der Waals surface area contributed by atoms with E-state index in [0.29, 0.717) is 6.61 Å². The molecule has 0 aliphatic carbocycles. The molecule has 0 amide bonds. The second kappa shape index (κ2) is 5.81. The fourth-order valence-electron chi connectivity index (χ4n) is 1.01. The maximum atomic E-state index is 5.52. The third-order valence-corrected chi connectivity index (χ3v) is 1.74. The molecule has 0 aliphatic heterocycles. The molecular formula is C13H14O. The first-order chi connectivity index (χ1) is 6.86. The van der Waals surface area contributed by atoms with Crippen LogP contribution < -0.4 is 4.74 Å². The smallest absolute Gasteiger partial charge is 0.119 e. The number of ether oxygens (including phenoxy) is 1. The van der Waals surface area contributed by atoms with E-state index in [1.165, 1.54) is 0 Å². The zero-order valence-corrected chi connectivity index (χ0v) is 8.15. The first-order valence-electron chi connectivity index (χ1n) is 4.48. The normalized spacial score (nSPS) is 10.7. The Kier molecular flexibility index (Phi) is 4.29. The molecule has 0 atom stereocenters. The van der Waals surface area contributed by atoms with Gasteiger partial charge in [-0.25, -0.2) is 0 Å². The van der Waals surface area contributed by atoms with Gasteiger partial charge in [0.15, 0.2) is 0 Å². The van der Waals surface area contributed by atoms with Crippen molar-refractivity contribution in [1.82, 2.24) is 0 Å². The molecule has 1 heteroatoms. The van der Waals surface area contributed by atoms with Gasteiger partial charge in [0.1, 0.15) is 12.4 Å². The summed E-state index contributed by atoms with van der Waals surface area (Å²) in [6.07, 6.45) is 5.38. The molecule has 14 heavy (non-hydrogen) atoms. The molecule has 0 radical (unpaired) electrons. The van der Waals surface area contributed by atoms with Crippen LogP contribution in [-0.4, -0.2) is 6.61 Å². The average molecular weight is 186 g/mol. The number of allylic oxidation sites excluding steroid dienone is 2. The summed E-state index contributed by atoms with van der Waals surface area (Å²) in [4.78, 5) is 0. The third kappa shape index (κ3) is 3.31. The molecule has 1 aromatic rings. The van der Waals surface area contributed by atoms with E-state index in [0.717, 1.165) is 11.3 Å². The summed E-state index contributed by atoms with van der Waals surface area (Å²) >= 11 is 0. The molecule has 0 spiro atoms. The Morgan fingerprint density at radius 3 is 2.50 bits per heavy atom. The van der Waals surface area contributed by atoms with Crippen molar-refractivity contribution in [2.24, 2.45) is 0 Å². The molecule has 0 bridgehead atoms. The number of hydrogen-bond donors (Lipinski definition) is 0. The summed E-state index contributed by atoms with van der Waals surface area (Å²) in [7, 11) is 0. The van der Waals surface area contributed by atoms with E-state index in [9.17, 15) is 0 Å².